The Morgan fingerprint density at radius 1 is 1.00 bits per heavy atom. The van der Waals surface area contributed by atoms with Crippen molar-refractivity contribution < 1.29 is 59.1 Å². The molecule has 12 nitrogen and oxygen atoms in total. The number of fused-ring (bicyclic) bond motifs is 1. The van der Waals surface area contributed by atoms with Gasteiger partial charge < -0.3 is 54.3 Å². The van der Waals surface area contributed by atoms with E-state index in [9.17, 15) is 35.4 Å². The maximum Gasteiger partial charge on any atom is 0.229 e. The molecule has 4 rings (SSSR count). The number of aliphatic hydroxyl groups is 5. The number of allylic oxidation sites excluding steroid dienone is 1. The van der Waals surface area contributed by atoms with Crippen molar-refractivity contribution in [1.29, 1.82) is 0 Å². The Kier molecular flexibility index (Phi) is 8.65. The molecule has 0 amide bonds. The first kappa shape index (κ1) is 28.7. The molecule has 11 atom stereocenters. The lowest BCUT2D eigenvalue weighted by Crippen LogP contribution is -2.61. The van der Waals surface area contributed by atoms with E-state index in [1.54, 1.807) is 13.8 Å². The van der Waals surface area contributed by atoms with Gasteiger partial charge in [0.1, 0.15) is 59.4 Å². The van der Waals surface area contributed by atoms with Gasteiger partial charge >= 0.3 is 0 Å². The summed E-state index contributed by atoms with van der Waals surface area (Å²) in [4.78, 5) is 12.6. The lowest BCUT2D eigenvalue weighted by molar-refractivity contribution is -0.312. The molecule has 1 aromatic carbocycles. The minimum Gasteiger partial charge on any atom is -0.507 e. The van der Waals surface area contributed by atoms with E-state index < -0.39 is 67.3 Å². The SMILES string of the molecule is C/C=C(\C)[C@H]1CC(=O)c2c(O)cc(O[C@@H]3O[C@H](CO[C@H]4O[C@H](C)[C@@H](O)[C@H](C)[C@@H]4O)[C@@H](O)[C@H](O)[C@H]3O)cc2O1. The summed E-state index contributed by atoms with van der Waals surface area (Å²) in [6.45, 7) is 6.58. The molecule has 0 unspecified atom stereocenters. The van der Waals surface area contributed by atoms with Crippen LogP contribution in [-0.4, -0.2) is 104 Å². The van der Waals surface area contributed by atoms with Crippen LogP contribution >= 0.6 is 0 Å². The van der Waals surface area contributed by atoms with Crippen LogP contribution in [0.2, 0.25) is 0 Å². The largest absolute Gasteiger partial charge is 0.507 e. The van der Waals surface area contributed by atoms with Gasteiger partial charge in [0.2, 0.25) is 6.29 Å². The van der Waals surface area contributed by atoms with Gasteiger partial charge in [-0.15, -0.1) is 0 Å². The summed E-state index contributed by atoms with van der Waals surface area (Å²) < 4.78 is 28.4. The van der Waals surface area contributed by atoms with E-state index >= 15 is 0 Å². The molecule has 0 spiro atoms. The minimum atomic E-state index is -1.68. The van der Waals surface area contributed by atoms with Gasteiger partial charge in [0.05, 0.1) is 25.2 Å². The number of ether oxygens (including phenoxy) is 5. The molecule has 6 N–H and O–H groups in total. The molecule has 0 saturated carbocycles. The van der Waals surface area contributed by atoms with Crippen LogP contribution in [0.25, 0.3) is 0 Å². The molecule has 2 saturated heterocycles. The predicted molar refractivity (Wildman–Crippen MR) is 130 cm³/mol. The first-order valence-electron chi connectivity index (χ1n) is 12.6. The standard InChI is InChI=1S/C26H36O12/c1-5-10(2)16-8-15(28)19-14(27)6-13(7-17(19)37-16)36-26-24(33)23(32)22(31)18(38-26)9-34-25-21(30)11(3)20(29)12(4)35-25/h5-7,11-12,16,18,20-27,29-33H,8-9H2,1-4H3/b10-5+/t11-,12+,16+,18+,20-,21-,22+,23-,24+,25-,26+/m0/s1. The third kappa shape index (κ3) is 5.54. The number of aromatic hydroxyl groups is 1. The fourth-order valence-electron chi connectivity index (χ4n) is 4.79. The lowest BCUT2D eigenvalue weighted by atomic mass is 9.91. The number of Topliss-reactive ketones (excluding diaryl/α,β-unsaturated/α-hetero) is 1. The van der Waals surface area contributed by atoms with Crippen LogP contribution in [0.15, 0.2) is 23.8 Å². The zero-order valence-corrected chi connectivity index (χ0v) is 21.6. The molecule has 0 aliphatic carbocycles. The average molecular weight is 541 g/mol. The third-order valence-corrected chi connectivity index (χ3v) is 7.47. The zero-order chi connectivity index (χ0) is 27.9. The molecule has 3 heterocycles. The van der Waals surface area contributed by atoms with Crippen molar-refractivity contribution in [3.05, 3.63) is 29.3 Å². The summed E-state index contributed by atoms with van der Waals surface area (Å²) >= 11 is 0. The molecule has 38 heavy (non-hydrogen) atoms. The number of aliphatic hydroxyl groups excluding tert-OH is 5. The summed E-state index contributed by atoms with van der Waals surface area (Å²) in [7, 11) is 0. The Hall–Kier alpha value is -2.29. The van der Waals surface area contributed by atoms with Gasteiger partial charge in [-0.2, -0.15) is 0 Å². The summed E-state index contributed by atoms with van der Waals surface area (Å²) in [5, 5.41) is 62.3. The first-order valence-corrected chi connectivity index (χ1v) is 12.6. The van der Waals surface area contributed by atoms with Crippen LogP contribution in [0, 0.1) is 5.92 Å². The van der Waals surface area contributed by atoms with Gasteiger partial charge in [0.25, 0.3) is 0 Å². The smallest absolute Gasteiger partial charge is 0.229 e. The normalized spacial score (nSPS) is 39.9. The molecule has 1 aromatic rings. The Morgan fingerprint density at radius 2 is 1.71 bits per heavy atom. The Balaban J connectivity index is 1.47. The van der Waals surface area contributed by atoms with Gasteiger partial charge in [-0.1, -0.05) is 13.0 Å². The van der Waals surface area contributed by atoms with Crippen LogP contribution < -0.4 is 9.47 Å². The Morgan fingerprint density at radius 3 is 2.39 bits per heavy atom. The fraction of sp³-hybridized carbons (Fsp3) is 0.654. The van der Waals surface area contributed by atoms with Crippen LogP contribution in [0.4, 0.5) is 0 Å². The van der Waals surface area contributed by atoms with Crippen LogP contribution in [-0.2, 0) is 14.2 Å². The fourth-order valence-corrected chi connectivity index (χ4v) is 4.79. The van der Waals surface area contributed by atoms with E-state index in [2.05, 4.69) is 0 Å². The second-order valence-corrected chi connectivity index (χ2v) is 10.1. The van der Waals surface area contributed by atoms with E-state index in [4.69, 9.17) is 23.7 Å². The average Bonchev–Trinajstić information content (AvgIpc) is 2.88. The molecule has 0 radical (unpaired) electrons. The number of phenolic OH excluding ortho intramolecular Hbond substituents is 1. The molecular formula is C26H36O12. The molecule has 2 fully saturated rings. The highest BCUT2D eigenvalue weighted by Gasteiger charge is 2.47. The number of rotatable bonds is 6. The summed E-state index contributed by atoms with van der Waals surface area (Å²) in [5.74, 6) is -1.12. The third-order valence-electron chi connectivity index (χ3n) is 7.47. The Bertz CT molecular complexity index is 1040. The van der Waals surface area contributed by atoms with Crippen molar-refractivity contribution in [3.8, 4) is 17.2 Å². The summed E-state index contributed by atoms with van der Waals surface area (Å²) in [6.07, 6.45) is -9.99. The first-order chi connectivity index (χ1) is 17.9. The van der Waals surface area contributed by atoms with Gasteiger partial charge in [-0.25, -0.2) is 0 Å². The number of carbonyl (C=O) groups excluding carboxylic acids is 1. The number of hydrogen-bond donors (Lipinski definition) is 6. The number of hydrogen-bond acceptors (Lipinski definition) is 12. The van der Waals surface area contributed by atoms with Gasteiger partial charge in [-0.05, 0) is 26.3 Å². The molecule has 3 aliphatic heterocycles. The van der Waals surface area contributed by atoms with E-state index in [1.165, 1.54) is 12.1 Å². The number of benzene rings is 1. The van der Waals surface area contributed by atoms with E-state index in [0.717, 1.165) is 5.57 Å². The number of ketones is 1. The molecule has 12 heteroatoms. The van der Waals surface area contributed by atoms with Crippen molar-refractivity contribution in [2.75, 3.05) is 6.61 Å². The monoisotopic (exact) mass is 540 g/mol. The maximum atomic E-state index is 12.6. The highest BCUT2D eigenvalue weighted by atomic mass is 16.7. The van der Waals surface area contributed by atoms with E-state index in [0.29, 0.717) is 0 Å². The second-order valence-electron chi connectivity index (χ2n) is 10.1. The van der Waals surface area contributed by atoms with Crippen molar-refractivity contribution in [2.45, 2.75) is 95.5 Å². The topological polar surface area (TPSA) is 185 Å². The lowest BCUT2D eigenvalue weighted by Gasteiger charge is -2.42. The number of phenols is 1. The quantitative estimate of drug-likeness (QED) is 0.266. The zero-order valence-electron chi connectivity index (χ0n) is 21.6. The van der Waals surface area contributed by atoms with Crippen molar-refractivity contribution in [2.24, 2.45) is 5.92 Å². The molecule has 3 aliphatic rings. The predicted octanol–water partition coefficient (Wildman–Crippen LogP) is -0.00210. The summed E-state index contributed by atoms with van der Waals surface area (Å²) in [5.41, 5.74) is 0.857. The molecule has 0 aromatic heterocycles. The van der Waals surface area contributed by atoms with Crippen LogP contribution in [0.3, 0.4) is 0 Å². The molecular weight excluding hydrogens is 504 g/mol. The van der Waals surface area contributed by atoms with E-state index in [1.807, 2.05) is 19.9 Å². The minimum absolute atomic E-state index is 0.0113. The van der Waals surface area contributed by atoms with Crippen molar-refractivity contribution in [3.63, 3.8) is 0 Å². The van der Waals surface area contributed by atoms with Gasteiger partial charge in [0.15, 0.2) is 12.1 Å². The van der Waals surface area contributed by atoms with Crippen LogP contribution in [0.1, 0.15) is 44.5 Å². The van der Waals surface area contributed by atoms with E-state index in [-0.39, 0.29) is 41.6 Å². The molecule has 212 valence electrons. The van der Waals surface area contributed by atoms with Crippen molar-refractivity contribution >= 4 is 5.78 Å². The maximum absolute atomic E-state index is 12.6. The van der Waals surface area contributed by atoms with Gasteiger partial charge in [-0.3, -0.25) is 4.79 Å². The van der Waals surface area contributed by atoms with Crippen molar-refractivity contribution in [1.82, 2.24) is 0 Å². The van der Waals surface area contributed by atoms with Gasteiger partial charge in [0, 0.05) is 18.1 Å². The molecule has 0 bridgehead atoms. The highest BCUT2D eigenvalue weighted by Crippen LogP contribution is 2.40. The Labute approximate surface area is 220 Å². The highest BCUT2D eigenvalue weighted by molar-refractivity contribution is 6.02. The second kappa shape index (κ2) is 11.4. The summed E-state index contributed by atoms with van der Waals surface area (Å²) in [6, 6.07) is 2.55. The van der Waals surface area contributed by atoms with Crippen LogP contribution in [0.5, 0.6) is 17.2 Å². The number of carbonyl (C=O) groups is 1.